The van der Waals surface area contributed by atoms with Crippen LogP contribution in [0.2, 0.25) is 0 Å². The molecular weight excluding hydrogens is 346 g/mol. The molecule has 1 rings (SSSR count). The molecule has 0 radical (unpaired) electrons. The zero-order valence-electron chi connectivity index (χ0n) is 16.8. The highest BCUT2D eigenvalue weighted by atomic mass is 16.5. The fraction of sp³-hybridized carbons (Fsp3) is 0.524. The topological polar surface area (TPSA) is 65.1 Å². The molecule has 0 heterocycles. The van der Waals surface area contributed by atoms with E-state index < -0.39 is 0 Å². The molecule has 1 aromatic rings. The van der Waals surface area contributed by atoms with Crippen molar-refractivity contribution in [3.05, 3.63) is 35.9 Å². The fourth-order valence-corrected chi connectivity index (χ4v) is 2.37. The number of benzene rings is 1. The second-order valence-corrected chi connectivity index (χ2v) is 6.32. The van der Waals surface area contributed by atoms with E-state index in [0.29, 0.717) is 56.0 Å². The van der Waals surface area contributed by atoms with E-state index in [1.54, 1.807) is 51.4 Å². The third-order valence-corrected chi connectivity index (χ3v) is 3.96. The van der Waals surface area contributed by atoms with Gasteiger partial charge in [-0.15, -0.1) is 0 Å². The number of ketones is 1. The number of amides is 1. The summed E-state index contributed by atoms with van der Waals surface area (Å²) in [7, 11) is 6.71. The standard InChI is InChI=1S/C21H31NO5/c1-22(2)21(24)11-8-6-5-7-10-18(23)17-12-13-19(26-4)20(16-17)27-15-9-14-25-3/h5-6,12-13,16H,7-11,14-15H2,1-4H3. The van der Waals surface area contributed by atoms with Crippen molar-refractivity contribution in [1.29, 1.82) is 0 Å². The summed E-state index contributed by atoms with van der Waals surface area (Å²) in [4.78, 5) is 25.4. The molecule has 0 aliphatic rings. The van der Waals surface area contributed by atoms with Crippen molar-refractivity contribution in [3.8, 4) is 11.5 Å². The first-order chi connectivity index (χ1) is 13.0. The number of ether oxygens (including phenoxy) is 3. The molecule has 0 aliphatic carbocycles. The number of hydrogen-bond donors (Lipinski definition) is 0. The summed E-state index contributed by atoms with van der Waals surface area (Å²) in [5, 5.41) is 0. The van der Waals surface area contributed by atoms with Gasteiger partial charge < -0.3 is 19.1 Å². The van der Waals surface area contributed by atoms with Crippen LogP contribution in [0.1, 0.15) is 42.5 Å². The highest BCUT2D eigenvalue weighted by Crippen LogP contribution is 2.28. The molecule has 1 aromatic carbocycles. The maximum absolute atomic E-state index is 12.4. The van der Waals surface area contributed by atoms with E-state index in [1.165, 1.54) is 0 Å². The van der Waals surface area contributed by atoms with Crippen LogP contribution < -0.4 is 9.47 Å². The Bertz CT molecular complexity index is 625. The molecule has 1 amide bonds. The summed E-state index contributed by atoms with van der Waals surface area (Å²) in [6, 6.07) is 5.23. The quantitative estimate of drug-likeness (QED) is 0.299. The zero-order chi connectivity index (χ0) is 20.1. The number of Topliss-reactive ketones (excluding diaryl/α,β-unsaturated/α-hetero) is 1. The van der Waals surface area contributed by atoms with Crippen molar-refractivity contribution in [1.82, 2.24) is 4.90 Å². The molecule has 0 saturated carbocycles. The van der Waals surface area contributed by atoms with Gasteiger partial charge in [-0.3, -0.25) is 9.59 Å². The Morgan fingerprint density at radius 3 is 2.33 bits per heavy atom. The van der Waals surface area contributed by atoms with Crippen molar-refractivity contribution in [2.45, 2.75) is 32.1 Å². The molecule has 0 aromatic heterocycles. The molecule has 150 valence electrons. The number of rotatable bonds is 13. The molecule has 6 heteroatoms. The number of nitrogens with zero attached hydrogens (tertiary/aromatic N) is 1. The molecule has 27 heavy (non-hydrogen) atoms. The first-order valence-corrected chi connectivity index (χ1v) is 9.17. The van der Waals surface area contributed by atoms with Gasteiger partial charge in [-0.25, -0.2) is 0 Å². The van der Waals surface area contributed by atoms with E-state index in [-0.39, 0.29) is 11.7 Å². The zero-order valence-corrected chi connectivity index (χ0v) is 16.8. The number of allylic oxidation sites excluding steroid dienone is 2. The van der Waals surface area contributed by atoms with Crippen LogP contribution in [0.4, 0.5) is 0 Å². The molecule has 0 spiro atoms. The lowest BCUT2D eigenvalue weighted by atomic mass is 10.1. The maximum Gasteiger partial charge on any atom is 0.222 e. The van der Waals surface area contributed by atoms with Crippen LogP contribution in [0.15, 0.2) is 30.4 Å². The summed E-state index contributed by atoms with van der Waals surface area (Å²) in [6.07, 6.45) is 6.89. The minimum Gasteiger partial charge on any atom is -0.493 e. The highest BCUT2D eigenvalue weighted by molar-refractivity contribution is 5.96. The Kier molecular flexibility index (Phi) is 10.9. The van der Waals surface area contributed by atoms with E-state index in [4.69, 9.17) is 14.2 Å². The van der Waals surface area contributed by atoms with Crippen LogP contribution in [0.5, 0.6) is 11.5 Å². The summed E-state index contributed by atoms with van der Waals surface area (Å²) in [6.45, 7) is 1.11. The van der Waals surface area contributed by atoms with Crippen LogP contribution in [-0.2, 0) is 9.53 Å². The van der Waals surface area contributed by atoms with Crippen LogP contribution >= 0.6 is 0 Å². The molecule has 0 unspecified atom stereocenters. The van der Waals surface area contributed by atoms with Gasteiger partial charge in [-0.05, 0) is 31.0 Å². The van der Waals surface area contributed by atoms with Gasteiger partial charge in [-0.2, -0.15) is 0 Å². The first kappa shape index (κ1) is 22.7. The van der Waals surface area contributed by atoms with Crippen molar-refractivity contribution >= 4 is 11.7 Å². The van der Waals surface area contributed by atoms with Crippen molar-refractivity contribution in [3.63, 3.8) is 0 Å². The minimum atomic E-state index is 0.0495. The Morgan fingerprint density at radius 2 is 1.70 bits per heavy atom. The van der Waals surface area contributed by atoms with Crippen LogP contribution in [0.3, 0.4) is 0 Å². The van der Waals surface area contributed by atoms with E-state index in [1.807, 2.05) is 12.2 Å². The van der Waals surface area contributed by atoms with E-state index in [2.05, 4.69) is 0 Å². The SMILES string of the molecule is COCCCOc1cc(C(=O)CCC=CCCC(=O)N(C)C)ccc1OC. The largest absolute Gasteiger partial charge is 0.493 e. The summed E-state index contributed by atoms with van der Waals surface area (Å²) in [5.74, 6) is 1.33. The predicted octanol–water partition coefficient (Wildman–Crippen LogP) is 3.50. The van der Waals surface area contributed by atoms with Crippen molar-refractivity contribution < 1.29 is 23.8 Å². The Labute approximate surface area is 162 Å². The smallest absolute Gasteiger partial charge is 0.222 e. The van der Waals surface area contributed by atoms with Gasteiger partial charge in [0.1, 0.15) is 0 Å². The lowest BCUT2D eigenvalue weighted by molar-refractivity contribution is -0.128. The maximum atomic E-state index is 12.4. The Hall–Kier alpha value is -2.34. The molecule has 0 saturated heterocycles. The third kappa shape index (κ3) is 8.73. The van der Waals surface area contributed by atoms with Gasteiger partial charge in [0, 0.05) is 52.6 Å². The molecule has 0 N–H and O–H groups in total. The Morgan fingerprint density at radius 1 is 1.00 bits per heavy atom. The predicted molar refractivity (Wildman–Crippen MR) is 106 cm³/mol. The van der Waals surface area contributed by atoms with Gasteiger partial charge in [-0.1, -0.05) is 12.2 Å². The van der Waals surface area contributed by atoms with E-state index in [0.717, 1.165) is 6.42 Å². The van der Waals surface area contributed by atoms with Gasteiger partial charge in [0.15, 0.2) is 17.3 Å². The average molecular weight is 377 g/mol. The van der Waals surface area contributed by atoms with Crippen molar-refractivity contribution in [2.24, 2.45) is 0 Å². The van der Waals surface area contributed by atoms with E-state index in [9.17, 15) is 9.59 Å². The van der Waals surface area contributed by atoms with Crippen molar-refractivity contribution in [2.75, 3.05) is 41.5 Å². The number of methoxy groups -OCH3 is 2. The fourth-order valence-electron chi connectivity index (χ4n) is 2.37. The van der Waals surface area contributed by atoms with Crippen LogP contribution in [0.25, 0.3) is 0 Å². The van der Waals surface area contributed by atoms with Crippen LogP contribution in [0, 0.1) is 0 Å². The molecular formula is C21H31NO5. The minimum absolute atomic E-state index is 0.0495. The van der Waals surface area contributed by atoms with Gasteiger partial charge >= 0.3 is 0 Å². The lowest BCUT2D eigenvalue weighted by Crippen LogP contribution is -2.20. The summed E-state index contributed by atoms with van der Waals surface area (Å²) >= 11 is 0. The second-order valence-electron chi connectivity index (χ2n) is 6.32. The van der Waals surface area contributed by atoms with E-state index >= 15 is 0 Å². The molecule has 0 atom stereocenters. The first-order valence-electron chi connectivity index (χ1n) is 9.17. The summed E-state index contributed by atoms with van der Waals surface area (Å²) < 4.78 is 16.0. The molecule has 0 fully saturated rings. The van der Waals surface area contributed by atoms with Gasteiger partial charge in [0.25, 0.3) is 0 Å². The van der Waals surface area contributed by atoms with Crippen LogP contribution in [-0.4, -0.2) is 58.1 Å². The summed E-state index contributed by atoms with van der Waals surface area (Å²) in [5.41, 5.74) is 0.605. The number of carbonyl (C=O) groups is 2. The number of carbonyl (C=O) groups excluding carboxylic acids is 2. The number of hydrogen-bond acceptors (Lipinski definition) is 5. The normalized spacial score (nSPS) is 10.8. The molecule has 0 bridgehead atoms. The highest BCUT2D eigenvalue weighted by Gasteiger charge is 2.11. The second kappa shape index (κ2) is 12.9. The molecule has 0 aliphatic heterocycles. The van der Waals surface area contributed by atoms with Gasteiger partial charge in [0.05, 0.1) is 13.7 Å². The van der Waals surface area contributed by atoms with Gasteiger partial charge in [0.2, 0.25) is 5.91 Å². The lowest BCUT2D eigenvalue weighted by Gasteiger charge is -2.12. The molecule has 6 nitrogen and oxygen atoms in total. The third-order valence-electron chi connectivity index (χ3n) is 3.96. The monoisotopic (exact) mass is 377 g/mol. The Balaban J connectivity index is 2.50. The average Bonchev–Trinajstić information content (AvgIpc) is 2.67.